The van der Waals surface area contributed by atoms with Crippen molar-refractivity contribution in [3.8, 4) is 0 Å². The van der Waals surface area contributed by atoms with Crippen LogP contribution in [0.15, 0.2) is 24.3 Å². The van der Waals surface area contributed by atoms with Crippen LogP contribution >= 0.6 is 0 Å². The molecule has 0 aromatic heterocycles. The maximum atomic E-state index is 13.2. The number of anilines is 1. The number of hydrogen-bond donors (Lipinski definition) is 2. The van der Waals surface area contributed by atoms with E-state index in [-0.39, 0.29) is 25.4 Å². The van der Waals surface area contributed by atoms with E-state index < -0.39 is 35.0 Å². The number of Topliss-reactive ketones (excluding diaryl/α,β-unsaturated/α-hetero) is 1. The molecule has 0 spiro atoms. The molecule has 30 heavy (non-hydrogen) atoms. The predicted molar refractivity (Wildman–Crippen MR) is 115 cm³/mol. The van der Waals surface area contributed by atoms with Gasteiger partial charge in [0, 0.05) is 12.1 Å². The first kappa shape index (κ1) is 25.6. The molecule has 1 rings (SSSR count). The number of nitrogens with one attached hydrogen (secondary N) is 1. The van der Waals surface area contributed by atoms with E-state index in [1.165, 1.54) is 0 Å². The van der Waals surface area contributed by atoms with Crippen LogP contribution in [0.1, 0.15) is 66.9 Å². The number of amides is 1. The fourth-order valence-corrected chi connectivity index (χ4v) is 3.05. The summed E-state index contributed by atoms with van der Waals surface area (Å²) < 4.78 is 10.5. The van der Waals surface area contributed by atoms with Gasteiger partial charge in [0.25, 0.3) is 0 Å². The summed E-state index contributed by atoms with van der Waals surface area (Å²) in [7, 11) is 0. The van der Waals surface area contributed by atoms with E-state index in [4.69, 9.17) is 9.47 Å². The van der Waals surface area contributed by atoms with Gasteiger partial charge >= 0.3 is 12.1 Å². The number of ether oxygens (including phenoxy) is 2. The Bertz CT molecular complexity index is 735. The van der Waals surface area contributed by atoms with Crippen LogP contribution in [0.3, 0.4) is 0 Å². The molecule has 2 atom stereocenters. The first-order valence-electron chi connectivity index (χ1n) is 10.4. The van der Waals surface area contributed by atoms with Gasteiger partial charge in [-0.3, -0.25) is 14.9 Å². The standard InChI is InChI=1S/C23H35NO6/c1-8-23(20(27)29-9-2,19(26)14-18(25)15(3)4)16-10-12-17(13-11-16)24-21(28)30-22(5,6)7/h10-13,15,18,25H,8-9,14H2,1-7H3,(H,24,28). The monoisotopic (exact) mass is 421 g/mol. The van der Waals surface area contributed by atoms with E-state index in [0.717, 1.165) is 0 Å². The third-order valence-corrected chi connectivity index (χ3v) is 4.82. The largest absolute Gasteiger partial charge is 0.465 e. The van der Waals surface area contributed by atoms with Crippen LogP contribution in [0.25, 0.3) is 0 Å². The molecular formula is C23H35NO6. The minimum atomic E-state index is -1.52. The Hall–Kier alpha value is -2.41. The summed E-state index contributed by atoms with van der Waals surface area (Å²) in [6, 6.07) is 6.45. The molecule has 1 amide bonds. The summed E-state index contributed by atoms with van der Waals surface area (Å²) in [5.41, 5.74) is -1.22. The van der Waals surface area contributed by atoms with E-state index in [1.807, 2.05) is 13.8 Å². The van der Waals surface area contributed by atoms with E-state index >= 15 is 0 Å². The van der Waals surface area contributed by atoms with Crippen molar-refractivity contribution >= 4 is 23.5 Å². The number of carbonyl (C=O) groups is 3. The van der Waals surface area contributed by atoms with E-state index in [9.17, 15) is 19.5 Å². The summed E-state index contributed by atoms with van der Waals surface area (Å²) in [5, 5.41) is 12.8. The summed E-state index contributed by atoms with van der Waals surface area (Å²) in [6.07, 6.45) is -1.42. The van der Waals surface area contributed by atoms with Gasteiger partial charge in [0.05, 0.1) is 12.7 Å². The predicted octanol–water partition coefficient (Wildman–Crippen LogP) is 4.22. The first-order chi connectivity index (χ1) is 13.9. The van der Waals surface area contributed by atoms with Crippen LogP contribution in [0.2, 0.25) is 0 Å². The van der Waals surface area contributed by atoms with Gasteiger partial charge < -0.3 is 14.6 Å². The van der Waals surface area contributed by atoms with Crippen molar-refractivity contribution in [1.29, 1.82) is 0 Å². The molecule has 7 heteroatoms. The van der Waals surface area contributed by atoms with Gasteiger partial charge in [-0.05, 0) is 57.7 Å². The van der Waals surface area contributed by atoms with Crippen molar-refractivity contribution in [3.63, 3.8) is 0 Å². The number of ketones is 1. The van der Waals surface area contributed by atoms with Crippen molar-refractivity contribution in [3.05, 3.63) is 29.8 Å². The molecule has 168 valence electrons. The normalized spacial score (nSPS) is 14.6. The smallest absolute Gasteiger partial charge is 0.412 e. The highest BCUT2D eigenvalue weighted by Gasteiger charge is 2.47. The molecule has 0 saturated carbocycles. The Balaban J connectivity index is 3.23. The molecular weight excluding hydrogens is 386 g/mol. The Morgan fingerprint density at radius 2 is 1.63 bits per heavy atom. The van der Waals surface area contributed by atoms with Gasteiger partial charge in [-0.25, -0.2) is 4.79 Å². The summed E-state index contributed by atoms with van der Waals surface area (Å²) in [6.45, 7) is 12.5. The minimum Gasteiger partial charge on any atom is -0.465 e. The Morgan fingerprint density at radius 3 is 2.07 bits per heavy atom. The van der Waals surface area contributed by atoms with E-state index in [0.29, 0.717) is 11.3 Å². The zero-order valence-corrected chi connectivity index (χ0v) is 19.1. The topological polar surface area (TPSA) is 102 Å². The molecule has 2 N–H and O–H groups in total. The van der Waals surface area contributed by atoms with Gasteiger partial charge in [-0.15, -0.1) is 0 Å². The number of carbonyl (C=O) groups excluding carboxylic acids is 3. The molecule has 0 bridgehead atoms. The van der Waals surface area contributed by atoms with Gasteiger partial charge in [-0.2, -0.15) is 0 Å². The number of aliphatic hydroxyl groups is 1. The zero-order chi connectivity index (χ0) is 23.1. The van der Waals surface area contributed by atoms with Gasteiger partial charge in [-0.1, -0.05) is 32.9 Å². The van der Waals surface area contributed by atoms with Crippen LogP contribution in [-0.4, -0.2) is 41.3 Å². The highest BCUT2D eigenvalue weighted by Crippen LogP contribution is 2.34. The lowest BCUT2D eigenvalue weighted by molar-refractivity contribution is -0.155. The SMILES string of the molecule is CCOC(=O)C(CC)(C(=O)CC(O)C(C)C)c1ccc(NC(=O)OC(C)(C)C)cc1. The Morgan fingerprint density at radius 1 is 1.07 bits per heavy atom. The summed E-state index contributed by atoms with van der Waals surface area (Å²) in [4.78, 5) is 38.1. The molecule has 0 radical (unpaired) electrons. The maximum absolute atomic E-state index is 13.2. The lowest BCUT2D eigenvalue weighted by Crippen LogP contribution is -2.46. The Kier molecular flexibility index (Phi) is 9.03. The summed E-state index contributed by atoms with van der Waals surface area (Å²) in [5.74, 6) is -1.15. The highest BCUT2D eigenvalue weighted by atomic mass is 16.6. The molecule has 2 unspecified atom stereocenters. The number of esters is 1. The van der Waals surface area contributed by atoms with Gasteiger partial charge in [0.2, 0.25) is 0 Å². The molecule has 1 aromatic rings. The van der Waals surface area contributed by atoms with Crippen LogP contribution in [0.4, 0.5) is 10.5 Å². The second-order valence-corrected chi connectivity index (χ2v) is 8.62. The van der Waals surface area contributed by atoms with Crippen LogP contribution in [0.5, 0.6) is 0 Å². The fourth-order valence-electron chi connectivity index (χ4n) is 3.05. The zero-order valence-electron chi connectivity index (χ0n) is 19.1. The minimum absolute atomic E-state index is 0.119. The molecule has 1 aromatic carbocycles. The number of benzene rings is 1. The van der Waals surface area contributed by atoms with Crippen molar-refractivity contribution in [2.45, 2.75) is 78.4 Å². The fraction of sp³-hybridized carbons (Fsp3) is 0.609. The molecule has 0 aliphatic heterocycles. The molecule has 0 fully saturated rings. The van der Waals surface area contributed by atoms with Crippen molar-refractivity contribution in [2.75, 3.05) is 11.9 Å². The molecule has 0 aliphatic carbocycles. The second-order valence-electron chi connectivity index (χ2n) is 8.62. The van der Waals surface area contributed by atoms with Gasteiger partial charge in [0.1, 0.15) is 5.60 Å². The van der Waals surface area contributed by atoms with Crippen LogP contribution < -0.4 is 5.32 Å². The maximum Gasteiger partial charge on any atom is 0.412 e. The number of hydrogen-bond acceptors (Lipinski definition) is 6. The van der Waals surface area contributed by atoms with Crippen LogP contribution in [-0.2, 0) is 24.5 Å². The van der Waals surface area contributed by atoms with Gasteiger partial charge in [0.15, 0.2) is 11.2 Å². The quantitative estimate of drug-likeness (QED) is 0.457. The second kappa shape index (κ2) is 10.6. The Labute approximate surface area is 179 Å². The molecule has 0 saturated heterocycles. The third-order valence-electron chi connectivity index (χ3n) is 4.82. The molecule has 7 nitrogen and oxygen atoms in total. The van der Waals surface area contributed by atoms with Crippen molar-refractivity contribution in [2.24, 2.45) is 5.92 Å². The third kappa shape index (κ3) is 6.55. The summed E-state index contributed by atoms with van der Waals surface area (Å²) >= 11 is 0. The van der Waals surface area contributed by atoms with Crippen molar-refractivity contribution < 1.29 is 29.0 Å². The lowest BCUT2D eigenvalue weighted by atomic mass is 9.72. The molecule has 0 heterocycles. The molecule has 0 aliphatic rings. The average Bonchev–Trinajstić information content (AvgIpc) is 2.62. The average molecular weight is 422 g/mol. The first-order valence-corrected chi connectivity index (χ1v) is 10.4. The van der Waals surface area contributed by atoms with Crippen LogP contribution in [0, 0.1) is 5.92 Å². The van der Waals surface area contributed by atoms with E-state index in [2.05, 4.69) is 5.32 Å². The lowest BCUT2D eigenvalue weighted by Gasteiger charge is -2.31. The number of rotatable bonds is 9. The number of aliphatic hydroxyl groups excluding tert-OH is 1. The van der Waals surface area contributed by atoms with Crippen molar-refractivity contribution in [1.82, 2.24) is 0 Å². The highest BCUT2D eigenvalue weighted by molar-refractivity contribution is 6.10. The van der Waals surface area contributed by atoms with E-state index in [1.54, 1.807) is 58.9 Å².